The fourth-order valence-electron chi connectivity index (χ4n) is 3.98. The third-order valence-electron chi connectivity index (χ3n) is 5.67. The topological polar surface area (TPSA) is 54.3 Å². The molecule has 5 nitrogen and oxygen atoms in total. The summed E-state index contributed by atoms with van der Waals surface area (Å²) in [5, 5.41) is 7.56. The number of carbonyl (C=O) groups excluding carboxylic acids is 1. The van der Waals surface area contributed by atoms with E-state index in [4.69, 9.17) is 0 Å². The predicted octanol–water partition coefficient (Wildman–Crippen LogP) is 2.23. The molecule has 2 aromatic rings. The van der Waals surface area contributed by atoms with Crippen molar-refractivity contribution in [3.8, 4) is 0 Å². The highest BCUT2D eigenvalue weighted by atomic mass is 32.1. The molecule has 0 radical (unpaired) electrons. The van der Waals surface area contributed by atoms with Gasteiger partial charge in [0.25, 0.3) is 11.5 Å². The van der Waals surface area contributed by atoms with Gasteiger partial charge < -0.3 is 14.8 Å². The lowest BCUT2D eigenvalue weighted by Crippen LogP contribution is -2.39. The van der Waals surface area contributed by atoms with E-state index in [1.54, 1.807) is 30.6 Å². The van der Waals surface area contributed by atoms with E-state index < -0.39 is 0 Å². The van der Waals surface area contributed by atoms with Crippen LogP contribution in [0.4, 0.5) is 0 Å². The highest BCUT2D eigenvalue weighted by Gasteiger charge is 2.57. The minimum atomic E-state index is -0.145. The summed E-state index contributed by atoms with van der Waals surface area (Å²) < 4.78 is 1.49. The zero-order valence-corrected chi connectivity index (χ0v) is 15.2. The molecule has 3 heterocycles. The number of rotatable bonds is 4. The third kappa shape index (κ3) is 3.16. The Balaban J connectivity index is 1.62. The summed E-state index contributed by atoms with van der Waals surface area (Å²) in [5.41, 5.74) is 1.79. The average Bonchev–Trinajstić information content (AvgIpc) is 3.06. The van der Waals surface area contributed by atoms with E-state index in [2.05, 4.69) is 16.8 Å². The summed E-state index contributed by atoms with van der Waals surface area (Å²) in [6.45, 7) is 2.68. The Morgan fingerprint density at radius 3 is 2.88 bits per heavy atom. The molecule has 1 N–H and O–H groups in total. The quantitative estimate of drug-likeness (QED) is 0.913. The second-order valence-electron chi connectivity index (χ2n) is 7.26. The van der Waals surface area contributed by atoms with Crippen molar-refractivity contribution >= 4 is 17.2 Å². The number of nitrogens with zero attached hydrogens (tertiary/aromatic N) is 2. The van der Waals surface area contributed by atoms with Crippen molar-refractivity contribution in [3.05, 3.63) is 56.6 Å². The molecule has 0 bridgehead atoms. The van der Waals surface area contributed by atoms with Gasteiger partial charge in [0.05, 0.1) is 0 Å². The van der Waals surface area contributed by atoms with E-state index >= 15 is 0 Å². The Morgan fingerprint density at radius 1 is 1.40 bits per heavy atom. The van der Waals surface area contributed by atoms with Crippen LogP contribution in [0.25, 0.3) is 0 Å². The maximum atomic E-state index is 13.2. The van der Waals surface area contributed by atoms with Crippen molar-refractivity contribution < 1.29 is 4.79 Å². The molecule has 1 saturated carbocycles. The van der Waals surface area contributed by atoms with Crippen LogP contribution in [-0.2, 0) is 13.6 Å². The third-order valence-corrected chi connectivity index (χ3v) is 6.40. The van der Waals surface area contributed by atoms with Gasteiger partial charge in [0.1, 0.15) is 0 Å². The van der Waals surface area contributed by atoms with Gasteiger partial charge in [-0.15, -0.1) is 0 Å². The largest absolute Gasteiger partial charge is 0.331 e. The van der Waals surface area contributed by atoms with Crippen LogP contribution >= 0.6 is 11.3 Å². The van der Waals surface area contributed by atoms with E-state index in [1.807, 2.05) is 10.3 Å². The first kappa shape index (κ1) is 16.5. The zero-order chi connectivity index (χ0) is 17.4. The normalized spacial score (nSPS) is 21.2. The monoisotopic (exact) mass is 357 g/mol. The van der Waals surface area contributed by atoms with E-state index in [1.165, 1.54) is 10.6 Å². The summed E-state index contributed by atoms with van der Waals surface area (Å²) in [6.07, 6.45) is 5.00. The number of thiophene rings is 1. The fourth-order valence-corrected chi connectivity index (χ4v) is 4.64. The molecule has 0 aromatic carbocycles. The minimum Gasteiger partial charge on any atom is -0.331 e. The summed E-state index contributed by atoms with van der Waals surface area (Å²) in [6, 6.07) is 5.57. The number of aromatic nitrogens is 1. The Labute approximate surface area is 151 Å². The molecule has 1 atom stereocenters. The molecule has 132 valence electrons. The van der Waals surface area contributed by atoms with Gasteiger partial charge in [0, 0.05) is 37.5 Å². The van der Waals surface area contributed by atoms with Crippen LogP contribution in [0.5, 0.6) is 0 Å². The number of carbonyl (C=O) groups is 1. The molecule has 1 aliphatic heterocycles. The molecule has 1 saturated heterocycles. The summed E-state index contributed by atoms with van der Waals surface area (Å²) >= 11 is 1.65. The molecule has 2 aromatic heterocycles. The van der Waals surface area contributed by atoms with E-state index in [-0.39, 0.29) is 22.9 Å². The van der Waals surface area contributed by atoms with Gasteiger partial charge in [0.15, 0.2) is 0 Å². The molecule has 2 fully saturated rings. The molecule has 1 aliphatic carbocycles. The van der Waals surface area contributed by atoms with Gasteiger partial charge >= 0.3 is 0 Å². The SMILES string of the molecule is Cn1ccc(C(=O)N(Cc2ccsc2)[C@@H]2CC23CCNCC3)cc1=O. The van der Waals surface area contributed by atoms with Crippen molar-refractivity contribution in [1.29, 1.82) is 0 Å². The van der Waals surface area contributed by atoms with Gasteiger partial charge in [0.2, 0.25) is 0 Å². The number of hydrogen-bond acceptors (Lipinski definition) is 4. The smallest absolute Gasteiger partial charge is 0.254 e. The van der Waals surface area contributed by atoms with Crippen molar-refractivity contribution in [2.24, 2.45) is 12.5 Å². The zero-order valence-electron chi connectivity index (χ0n) is 14.4. The lowest BCUT2D eigenvalue weighted by Gasteiger charge is -2.29. The first-order valence-electron chi connectivity index (χ1n) is 8.78. The number of pyridine rings is 1. The van der Waals surface area contributed by atoms with Crippen molar-refractivity contribution in [2.75, 3.05) is 13.1 Å². The van der Waals surface area contributed by atoms with Crippen LogP contribution < -0.4 is 10.9 Å². The maximum absolute atomic E-state index is 13.2. The predicted molar refractivity (Wildman–Crippen MR) is 98.8 cm³/mol. The molecule has 25 heavy (non-hydrogen) atoms. The number of aryl methyl sites for hydroxylation is 1. The van der Waals surface area contributed by atoms with Gasteiger partial charge in [-0.05, 0) is 66.2 Å². The first-order valence-corrected chi connectivity index (χ1v) is 9.73. The molecule has 6 heteroatoms. The summed E-state index contributed by atoms with van der Waals surface area (Å²) in [7, 11) is 1.70. The van der Waals surface area contributed by atoms with E-state index in [9.17, 15) is 9.59 Å². The van der Waals surface area contributed by atoms with Crippen molar-refractivity contribution in [1.82, 2.24) is 14.8 Å². The Kier molecular flexibility index (Phi) is 4.25. The van der Waals surface area contributed by atoms with Crippen LogP contribution in [0.3, 0.4) is 0 Å². The van der Waals surface area contributed by atoms with Gasteiger partial charge in [-0.25, -0.2) is 0 Å². The molecular weight excluding hydrogens is 334 g/mol. The summed E-state index contributed by atoms with van der Waals surface area (Å²) in [5.74, 6) is -0.0238. The Hall–Kier alpha value is -1.92. The first-order chi connectivity index (χ1) is 12.1. The van der Waals surface area contributed by atoms with Crippen LogP contribution in [0.1, 0.15) is 35.2 Å². The number of hydrogen-bond donors (Lipinski definition) is 1. The standard InChI is InChI=1S/C19H23N3O2S/c1-21-8-2-15(10-17(21)23)18(24)22(12-14-3-9-25-13-14)16-11-19(16)4-6-20-7-5-19/h2-3,8-10,13,16,20H,4-7,11-12H2,1H3/t16-/m1/s1. The highest BCUT2D eigenvalue weighted by molar-refractivity contribution is 7.07. The number of piperidine rings is 1. The Morgan fingerprint density at radius 2 is 2.20 bits per heavy atom. The van der Waals surface area contributed by atoms with E-state index in [0.717, 1.165) is 37.9 Å². The molecule has 4 rings (SSSR count). The minimum absolute atomic E-state index is 0.0238. The second-order valence-corrected chi connectivity index (χ2v) is 8.04. The fraction of sp³-hybridized carbons (Fsp3) is 0.474. The maximum Gasteiger partial charge on any atom is 0.254 e. The number of nitrogens with one attached hydrogen (secondary N) is 1. The van der Waals surface area contributed by atoms with E-state index in [0.29, 0.717) is 12.1 Å². The average molecular weight is 357 g/mol. The molecule has 1 amide bonds. The number of amides is 1. The highest BCUT2D eigenvalue weighted by Crippen LogP contribution is 2.56. The van der Waals surface area contributed by atoms with Crippen LogP contribution in [0, 0.1) is 5.41 Å². The summed E-state index contributed by atoms with van der Waals surface area (Å²) in [4.78, 5) is 27.2. The Bertz CT molecular complexity index is 821. The molecule has 0 unspecified atom stereocenters. The van der Waals surface area contributed by atoms with Crippen molar-refractivity contribution in [3.63, 3.8) is 0 Å². The lowest BCUT2D eigenvalue weighted by atomic mass is 9.93. The van der Waals surface area contributed by atoms with Gasteiger partial charge in [-0.2, -0.15) is 11.3 Å². The second kappa shape index (κ2) is 6.42. The van der Waals surface area contributed by atoms with Gasteiger partial charge in [-0.1, -0.05) is 0 Å². The molecule has 2 aliphatic rings. The van der Waals surface area contributed by atoms with Crippen LogP contribution in [0.2, 0.25) is 0 Å². The van der Waals surface area contributed by atoms with Crippen LogP contribution in [0.15, 0.2) is 40.0 Å². The molecular formula is C19H23N3O2S. The van der Waals surface area contributed by atoms with Crippen LogP contribution in [-0.4, -0.2) is 34.5 Å². The van der Waals surface area contributed by atoms with Crippen molar-refractivity contribution in [2.45, 2.75) is 31.8 Å². The molecule has 1 spiro atoms. The van der Waals surface area contributed by atoms with Gasteiger partial charge in [-0.3, -0.25) is 9.59 Å². The lowest BCUT2D eigenvalue weighted by molar-refractivity contribution is 0.0692.